The Bertz CT molecular complexity index is 825. The zero-order valence-electron chi connectivity index (χ0n) is 16.6. The molecule has 0 aromatic heterocycles. The summed E-state index contributed by atoms with van der Waals surface area (Å²) in [6.07, 6.45) is -1.82. The molecule has 0 fully saturated rings. The summed E-state index contributed by atoms with van der Waals surface area (Å²) in [4.78, 5) is 9.96. The Hall–Kier alpha value is -2.34. The number of hydrogen-bond donors (Lipinski definition) is 0. The second-order valence-corrected chi connectivity index (χ2v) is 7.29. The molecule has 1 aromatic rings. The summed E-state index contributed by atoms with van der Waals surface area (Å²) in [6.45, 7) is 14.2. The van der Waals surface area contributed by atoms with Crippen LogP contribution in [0.2, 0.25) is 0 Å². The van der Waals surface area contributed by atoms with Gasteiger partial charge in [0.1, 0.15) is 0 Å². The summed E-state index contributed by atoms with van der Waals surface area (Å²) in [5, 5.41) is 0. The highest BCUT2D eigenvalue weighted by atomic mass is 32.2. The van der Waals surface area contributed by atoms with E-state index in [0.29, 0.717) is 16.9 Å². The van der Waals surface area contributed by atoms with Gasteiger partial charge in [-0.2, -0.15) is 13.2 Å². The number of hydrogen-bond acceptors (Lipinski definition) is 3. The summed E-state index contributed by atoms with van der Waals surface area (Å²) in [6, 6.07) is 9.64. The topological polar surface area (TPSA) is 24.7 Å². The van der Waals surface area contributed by atoms with Gasteiger partial charge in [-0.05, 0) is 52.1 Å². The molecule has 1 aromatic carbocycles. The number of allylic oxidation sites excluding steroid dienone is 4. The monoisotopic (exact) mass is 406 g/mol. The molecule has 0 amide bonds. The van der Waals surface area contributed by atoms with Gasteiger partial charge in [-0.3, -0.25) is 9.98 Å². The highest BCUT2D eigenvalue weighted by Gasteiger charge is 2.32. The van der Waals surface area contributed by atoms with E-state index >= 15 is 0 Å². The molecular formula is C22H25F3N2S. The molecule has 0 aliphatic rings. The van der Waals surface area contributed by atoms with E-state index in [-0.39, 0.29) is 12.1 Å². The van der Waals surface area contributed by atoms with E-state index in [4.69, 9.17) is 0 Å². The lowest BCUT2D eigenvalue weighted by Crippen LogP contribution is -2.11. The van der Waals surface area contributed by atoms with Crippen molar-refractivity contribution < 1.29 is 13.2 Å². The summed E-state index contributed by atoms with van der Waals surface area (Å²) < 4.78 is 39.4. The fraction of sp³-hybridized carbons (Fsp3) is 0.273. The van der Waals surface area contributed by atoms with Gasteiger partial charge in [-0.15, -0.1) is 0 Å². The van der Waals surface area contributed by atoms with E-state index in [1.807, 2.05) is 30.3 Å². The minimum atomic E-state index is -4.38. The lowest BCUT2D eigenvalue weighted by molar-refractivity contribution is -0.0935. The molecule has 0 saturated carbocycles. The normalized spacial score (nSPS) is 13.3. The Kier molecular flexibility index (Phi) is 9.19. The van der Waals surface area contributed by atoms with Gasteiger partial charge in [0, 0.05) is 32.9 Å². The van der Waals surface area contributed by atoms with Crippen molar-refractivity contribution in [2.24, 2.45) is 9.98 Å². The van der Waals surface area contributed by atoms with Crippen LogP contribution in [-0.2, 0) is 0 Å². The molecule has 2 nitrogen and oxygen atoms in total. The zero-order valence-corrected chi connectivity index (χ0v) is 17.4. The smallest absolute Gasteiger partial charge is 0.271 e. The van der Waals surface area contributed by atoms with Gasteiger partial charge in [0.15, 0.2) is 0 Å². The highest BCUT2D eigenvalue weighted by Crippen LogP contribution is 2.33. The Morgan fingerprint density at radius 3 is 2.21 bits per heavy atom. The Morgan fingerprint density at radius 1 is 1.14 bits per heavy atom. The second kappa shape index (κ2) is 10.9. The van der Waals surface area contributed by atoms with Gasteiger partial charge in [0.05, 0.1) is 5.70 Å². The van der Waals surface area contributed by atoms with Crippen LogP contribution in [-0.4, -0.2) is 18.6 Å². The number of thioether (sulfide) groups is 1. The van der Waals surface area contributed by atoms with Crippen LogP contribution in [0.1, 0.15) is 34.1 Å². The van der Waals surface area contributed by atoms with Crippen LogP contribution in [0.25, 0.3) is 0 Å². The predicted molar refractivity (Wildman–Crippen MR) is 115 cm³/mol. The van der Waals surface area contributed by atoms with Crippen LogP contribution in [0.3, 0.4) is 0 Å². The second-order valence-electron chi connectivity index (χ2n) is 6.17. The number of halogens is 3. The van der Waals surface area contributed by atoms with Gasteiger partial charge in [-0.25, -0.2) is 0 Å². The van der Waals surface area contributed by atoms with E-state index in [1.54, 1.807) is 27.0 Å². The van der Waals surface area contributed by atoms with Crippen molar-refractivity contribution in [1.82, 2.24) is 0 Å². The van der Waals surface area contributed by atoms with Crippen LogP contribution in [0.15, 0.2) is 91.4 Å². The van der Waals surface area contributed by atoms with E-state index in [9.17, 15) is 13.2 Å². The Morgan fingerprint density at radius 2 is 1.75 bits per heavy atom. The first kappa shape index (κ1) is 23.7. The molecule has 0 aliphatic heterocycles. The van der Waals surface area contributed by atoms with E-state index in [1.165, 1.54) is 18.7 Å². The first-order valence-electron chi connectivity index (χ1n) is 8.69. The number of nitrogens with zero attached hydrogens (tertiary/aromatic N) is 2. The molecule has 6 heteroatoms. The minimum absolute atomic E-state index is 0.120. The van der Waals surface area contributed by atoms with Gasteiger partial charge < -0.3 is 0 Å². The van der Waals surface area contributed by atoms with Crippen LogP contribution in [0.4, 0.5) is 13.2 Å². The third-order valence-electron chi connectivity index (χ3n) is 3.77. The van der Waals surface area contributed by atoms with Gasteiger partial charge in [0.2, 0.25) is 0 Å². The molecule has 0 saturated heterocycles. The maximum absolute atomic E-state index is 13.1. The van der Waals surface area contributed by atoms with E-state index in [0.717, 1.165) is 15.9 Å². The summed E-state index contributed by atoms with van der Waals surface area (Å²) in [5.41, 5.74) is 1.45. The summed E-state index contributed by atoms with van der Waals surface area (Å²) in [5.74, 6) is 0. The van der Waals surface area contributed by atoms with Crippen LogP contribution >= 0.6 is 11.8 Å². The number of aliphatic imine (C=N–C) groups is 2. The molecule has 0 bridgehead atoms. The molecule has 0 atom stereocenters. The standard InChI is InChI=1S/C22H25F3N2S/c1-7-18(22(23,24)25)13-20(15(2)3)27-17(5)16(4)21(14-26-6)28-19-11-9-8-10-12-19/h8-14H,4,6-7H2,1-3,5H3/b18-13+,21-14+,27-17?. The molecule has 0 N–H and O–H groups in total. The van der Waals surface area contributed by atoms with Crippen molar-refractivity contribution in [1.29, 1.82) is 0 Å². The van der Waals surface area contributed by atoms with Crippen LogP contribution in [0.5, 0.6) is 0 Å². The van der Waals surface area contributed by atoms with Crippen molar-refractivity contribution in [3.8, 4) is 0 Å². The maximum Gasteiger partial charge on any atom is 0.412 e. The average Bonchev–Trinajstić information content (AvgIpc) is 2.63. The number of benzene rings is 1. The molecule has 1 rings (SSSR count). The van der Waals surface area contributed by atoms with E-state index in [2.05, 4.69) is 23.3 Å². The Balaban J connectivity index is 3.24. The van der Waals surface area contributed by atoms with Gasteiger partial charge in [0.25, 0.3) is 0 Å². The fourth-order valence-electron chi connectivity index (χ4n) is 2.13. The van der Waals surface area contributed by atoms with Crippen molar-refractivity contribution in [2.75, 3.05) is 0 Å². The number of rotatable bonds is 8. The summed E-state index contributed by atoms with van der Waals surface area (Å²) >= 11 is 1.44. The minimum Gasteiger partial charge on any atom is -0.271 e. The van der Waals surface area contributed by atoms with Crippen LogP contribution in [0, 0.1) is 0 Å². The van der Waals surface area contributed by atoms with Gasteiger partial charge >= 0.3 is 6.18 Å². The van der Waals surface area contributed by atoms with Crippen molar-refractivity contribution >= 4 is 24.2 Å². The maximum atomic E-state index is 13.1. The highest BCUT2D eigenvalue weighted by molar-refractivity contribution is 8.03. The first-order valence-corrected chi connectivity index (χ1v) is 9.50. The largest absolute Gasteiger partial charge is 0.412 e. The third kappa shape index (κ3) is 7.35. The molecule has 0 aliphatic carbocycles. The van der Waals surface area contributed by atoms with Crippen molar-refractivity contribution in [3.05, 3.63) is 76.5 Å². The predicted octanol–water partition coefficient (Wildman–Crippen LogP) is 7.53. The SMILES string of the molecule is C=N/C=C(/Sc1ccccc1)C(=C)C(C)=NC(/C=C(\CC)C(F)(F)F)=C(C)C. The molecule has 0 spiro atoms. The lowest BCUT2D eigenvalue weighted by Gasteiger charge is -2.13. The first-order chi connectivity index (χ1) is 13.1. The molecule has 0 heterocycles. The van der Waals surface area contributed by atoms with Crippen molar-refractivity contribution in [2.45, 2.75) is 45.2 Å². The average molecular weight is 407 g/mol. The van der Waals surface area contributed by atoms with Crippen LogP contribution < -0.4 is 0 Å². The lowest BCUT2D eigenvalue weighted by atomic mass is 10.1. The van der Waals surface area contributed by atoms with Crippen molar-refractivity contribution in [3.63, 3.8) is 0 Å². The molecule has 0 unspecified atom stereocenters. The summed E-state index contributed by atoms with van der Waals surface area (Å²) in [7, 11) is 0. The fourth-order valence-corrected chi connectivity index (χ4v) is 3.07. The Labute approximate surface area is 169 Å². The molecule has 150 valence electrons. The zero-order chi connectivity index (χ0) is 21.3. The quantitative estimate of drug-likeness (QED) is 0.249. The number of alkyl halides is 3. The molecular weight excluding hydrogens is 381 g/mol. The molecule has 0 radical (unpaired) electrons. The van der Waals surface area contributed by atoms with Gasteiger partial charge in [-0.1, -0.05) is 49.0 Å². The third-order valence-corrected chi connectivity index (χ3v) is 4.85. The molecule has 28 heavy (non-hydrogen) atoms. The van der Waals surface area contributed by atoms with E-state index < -0.39 is 11.7 Å².